The Labute approximate surface area is 181 Å². The summed E-state index contributed by atoms with van der Waals surface area (Å²) in [5.74, 6) is 1.37. The first-order valence-electron chi connectivity index (χ1n) is 10.0. The Hall–Kier alpha value is -3.93. The maximum atomic E-state index is 13.0. The lowest BCUT2D eigenvalue weighted by molar-refractivity contribution is 0.0779. The first kappa shape index (κ1) is 20.3. The number of hydrogen-bond donors (Lipinski definition) is 0. The molecule has 0 bridgehead atoms. The second-order valence-corrected chi connectivity index (χ2v) is 7.42. The van der Waals surface area contributed by atoms with E-state index in [0.717, 1.165) is 33.9 Å². The van der Waals surface area contributed by atoms with E-state index in [9.17, 15) is 4.79 Å². The van der Waals surface area contributed by atoms with Crippen LogP contribution in [0.2, 0.25) is 0 Å². The third-order valence-corrected chi connectivity index (χ3v) is 5.17. The molecule has 0 aliphatic rings. The SMILES string of the molecule is Cc1c(-c2ccnc(C(=O)N(C)Cc3cccc(Oc4ccccc4)c3)c2)cnn1C. The number of amides is 1. The van der Waals surface area contributed by atoms with Crippen molar-refractivity contribution >= 4 is 5.91 Å². The molecule has 0 fully saturated rings. The van der Waals surface area contributed by atoms with Gasteiger partial charge in [0.2, 0.25) is 0 Å². The predicted molar refractivity (Wildman–Crippen MR) is 120 cm³/mol. The van der Waals surface area contributed by atoms with Gasteiger partial charge in [-0.2, -0.15) is 5.10 Å². The van der Waals surface area contributed by atoms with Crippen molar-refractivity contribution in [3.8, 4) is 22.6 Å². The van der Waals surface area contributed by atoms with Gasteiger partial charge in [-0.05, 0) is 54.4 Å². The van der Waals surface area contributed by atoms with Crippen molar-refractivity contribution in [3.63, 3.8) is 0 Å². The normalized spacial score (nSPS) is 10.7. The smallest absolute Gasteiger partial charge is 0.272 e. The number of aryl methyl sites for hydroxylation is 1. The molecular weight excluding hydrogens is 388 g/mol. The summed E-state index contributed by atoms with van der Waals surface area (Å²) in [6, 6.07) is 21.1. The van der Waals surface area contributed by atoms with E-state index in [4.69, 9.17) is 4.74 Å². The Bertz CT molecular complexity index is 1200. The van der Waals surface area contributed by atoms with Crippen LogP contribution in [0.3, 0.4) is 0 Å². The first-order chi connectivity index (χ1) is 15.0. The molecule has 0 aliphatic carbocycles. The minimum Gasteiger partial charge on any atom is -0.457 e. The molecule has 2 aromatic heterocycles. The monoisotopic (exact) mass is 412 g/mol. The molecule has 4 rings (SSSR count). The zero-order valence-corrected chi connectivity index (χ0v) is 17.8. The number of nitrogens with zero attached hydrogens (tertiary/aromatic N) is 4. The zero-order chi connectivity index (χ0) is 21.8. The molecule has 0 atom stereocenters. The molecule has 31 heavy (non-hydrogen) atoms. The number of benzene rings is 2. The first-order valence-corrected chi connectivity index (χ1v) is 10.0. The number of ether oxygens (including phenoxy) is 1. The van der Waals surface area contributed by atoms with Crippen molar-refractivity contribution in [2.45, 2.75) is 13.5 Å². The molecule has 0 spiro atoms. The summed E-state index contributed by atoms with van der Waals surface area (Å²) in [7, 11) is 3.67. The van der Waals surface area contributed by atoms with Crippen molar-refractivity contribution in [2.24, 2.45) is 7.05 Å². The molecular formula is C25H24N4O2. The van der Waals surface area contributed by atoms with Gasteiger partial charge in [-0.3, -0.25) is 14.5 Å². The van der Waals surface area contributed by atoms with Crippen LogP contribution in [0, 0.1) is 6.92 Å². The number of carbonyl (C=O) groups excluding carboxylic acids is 1. The van der Waals surface area contributed by atoms with Gasteiger partial charge in [-0.25, -0.2) is 0 Å². The lowest BCUT2D eigenvalue weighted by Crippen LogP contribution is -2.27. The van der Waals surface area contributed by atoms with Crippen molar-refractivity contribution in [2.75, 3.05) is 7.05 Å². The number of rotatable bonds is 6. The number of para-hydroxylation sites is 1. The summed E-state index contributed by atoms with van der Waals surface area (Å²) in [6.07, 6.45) is 3.47. The quantitative estimate of drug-likeness (QED) is 0.454. The Morgan fingerprint density at radius 1 is 1.03 bits per heavy atom. The molecule has 0 aliphatic heterocycles. The van der Waals surface area contributed by atoms with Gasteiger partial charge in [0.25, 0.3) is 5.91 Å². The molecule has 2 heterocycles. The highest BCUT2D eigenvalue weighted by Gasteiger charge is 2.16. The number of hydrogen-bond acceptors (Lipinski definition) is 4. The summed E-state index contributed by atoms with van der Waals surface area (Å²) >= 11 is 0. The van der Waals surface area contributed by atoms with Crippen LogP contribution in [0.15, 0.2) is 79.1 Å². The Kier molecular flexibility index (Phi) is 5.80. The number of pyridine rings is 1. The second kappa shape index (κ2) is 8.83. The van der Waals surface area contributed by atoms with Gasteiger partial charge >= 0.3 is 0 Å². The zero-order valence-electron chi connectivity index (χ0n) is 17.8. The summed E-state index contributed by atoms with van der Waals surface area (Å²) in [5.41, 5.74) is 4.33. The van der Waals surface area contributed by atoms with Crippen LogP contribution < -0.4 is 4.74 Å². The highest BCUT2D eigenvalue weighted by molar-refractivity contribution is 5.93. The van der Waals surface area contributed by atoms with Gasteiger partial charge < -0.3 is 9.64 Å². The van der Waals surface area contributed by atoms with Gasteiger partial charge in [0.1, 0.15) is 17.2 Å². The average Bonchev–Trinajstić information content (AvgIpc) is 3.12. The highest BCUT2D eigenvalue weighted by Crippen LogP contribution is 2.24. The maximum Gasteiger partial charge on any atom is 0.272 e. The highest BCUT2D eigenvalue weighted by atomic mass is 16.5. The molecule has 1 amide bonds. The molecule has 156 valence electrons. The molecule has 6 nitrogen and oxygen atoms in total. The lowest BCUT2D eigenvalue weighted by Gasteiger charge is -2.18. The standard InChI is InChI=1S/C25H24N4O2/c1-18-23(16-27-29(18)3)20-12-13-26-24(15-20)25(30)28(2)17-19-8-7-11-22(14-19)31-21-9-5-4-6-10-21/h4-16H,17H2,1-3H3. The number of aromatic nitrogens is 3. The van der Waals surface area contributed by atoms with Crippen LogP contribution in [0.5, 0.6) is 11.5 Å². The Morgan fingerprint density at radius 2 is 1.81 bits per heavy atom. The van der Waals surface area contributed by atoms with E-state index in [1.165, 1.54) is 0 Å². The summed E-state index contributed by atoms with van der Waals surface area (Å²) < 4.78 is 7.71. The third-order valence-electron chi connectivity index (χ3n) is 5.17. The van der Waals surface area contributed by atoms with Crippen molar-refractivity contribution in [1.29, 1.82) is 0 Å². The molecule has 0 saturated carbocycles. The van der Waals surface area contributed by atoms with Crippen LogP contribution in [-0.4, -0.2) is 32.6 Å². The van der Waals surface area contributed by atoms with Crippen LogP contribution in [-0.2, 0) is 13.6 Å². The lowest BCUT2D eigenvalue weighted by atomic mass is 10.1. The van der Waals surface area contributed by atoms with Crippen LogP contribution in [0.25, 0.3) is 11.1 Å². The van der Waals surface area contributed by atoms with E-state index in [1.54, 1.807) is 24.3 Å². The minimum absolute atomic E-state index is 0.141. The largest absolute Gasteiger partial charge is 0.457 e. The Morgan fingerprint density at radius 3 is 2.55 bits per heavy atom. The van der Waals surface area contributed by atoms with Crippen LogP contribution in [0.1, 0.15) is 21.7 Å². The fourth-order valence-corrected chi connectivity index (χ4v) is 3.37. The van der Waals surface area contributed by atoms with Gasteiger partial charge in [-0.1, -0.05) is 30.3 Å². The maximum absolute atomic E-state index is 13.0. The third kappa shape index (κ3) is 4.64. The molecule has 0 radical (unpaired) electrons. The molecule has 0 unspecified atom stereocenters. The van der Waals surface area contributed by atoms with E-state index < -0.39 is 0 Å². The number of carbonyl (C=O) groups is 1. The molecule has 0 N–H and O–H groups in total. The van der Waals surface area contributed by atoms with Gasteiger partial charge in [0.05, 0.1) is 6.20 Å². The summed E-state index contributed by atoms with van der Waals surface area (Å²) in [6.45, 7) is 2.45. The van der Waals surface area contributed by atoms with E-state index in [2.05, 4.69) is 10.1 Å². The second-order valence-electron chi connectivity index (χ2n) is 7.42. The van der Waals surface area contributed by atoms with Crippen LogP contribution in [0.4, 0.5) is 0 Å². The average molecular weight is 412 g/mol. The predicted octanol–water partition coefficient (Wildman–Crippen LogP) is 4.86. The molecule has 0 saturated heterocycles. The molecule has 2 aromatic carbocycles. The van der Waals surface area contributed by atoms with E-state index >= 15 is 0 Å². The van der Waals surface area contributed by atoms with Gasteiger partial charge in [0.15, 0.2) is 0 Å². The molecule has 6 heteroatoms. The fourth-order valence-electron chi connectivity index (χ4n) is 3.37. The van der Waals surface area contributed by atoms with E-state index in [-0.39, 0.29) is 5.91 Å². The van der Waals surface area contributed by atoms with Gasteiger partial charge in [-0.15, -0.1) is 0 Å². The van der Waals surface area contributed by atoms with Crippen molar-refractivity contribution < 1.29 is 9.53 Å². The summed E-state index contributed by atoms with van der Waals surface area (Å²) in [4.78, 5) is 19.0. The van der Waals surface area contributed by atoms with E-state index in [1.807, 2.05) is 85.4 Å². The fraction of sp³-hybridized carbons (Fsp3) is 0.160. The summed E-state index contributed by atoms with van der Waals surface area (Å²) in [5, 5.41) is 4.29. The van der Waals surface area contributed by atoms with Crippen molar-refractivity contribution in [3.05, 3.63) is 96.1 Å². The van der Waals surface area contributed by atoms with Crippen LogP contribution >= 0.6 is 0 Å². The van der Waals surface area contributed by atoms with E-state index in [0.29, 0.717) is 12.2 Å². The Balaban J connectivity index is 1.48. The minimum atomic E-state index is -0.141. The molecule has 4 aromatic rings. The van der Waals surface area contributed by atoms with Crippen molar-refractivity contribution in [1.82, 2.24) is 19.7 Å². The topological polar surface area (TPSA) is 60.3 Å². The van der Waals surface area contributed by atoms with Gasteiger partial charge in [0, 0.05) is 38.1 Å².